The lowest BCUT2D eigenvalue weighted by Gasteiger charge is -2.16. The quantitative estimate of drug-likeness (QED) is 0.813. The zero-order valence-electron chi connectivity index (χ0n) is 10.6. The van der Waals surface area contributed by atoms with E-state index in [9.17, 15) is 4.79 Å². The largest absolute Gasteiger partial charge is 0.480 e. The molecule has 0 aromatic carbocycles. The molecule has 0 spiro atoms. The van der Waals surface area contributed by atoms with Crippen LogP contribution in [0, 0.1) is 0 Å². The number of furan rings is 1. The third-order valence-electron chi connectivity index (χ3n) is 2.46. The van der Waals surface area contributed by atoms with Crippen molar-refractivity contribution < 1.29 is 18.8 Å². The van der Waals surface area contributed by atoms with Crippen molar-refractivity contribution in [2.24, 2.45) is 0 Å². The zero-order chi connectivity index (χ0) is 13.7. The lowest BCUT2D eigenvalue weighted by Crippen LogP contribution is -2.30. The van der Waals surface area contributed by atoms with E-state index in [1.807, 2.05) is 6.92 Å². The van der Waals surface area contributed by atoms with Gasteiger partial charge in [-0.1, -0.05) is 12.1 Å². The highest BCUT2D eigenvalue weighted by atomic mass is 16.5. The minimum atomic E-state index is -0.872. The summed E-state index contributed by atoms with van der Waals surface area (Å²) >= 11 is 0. The predicted octanol–water partition coefficient (Wildman–Crippen LogP) is 1.63. The van der Waals surface area contributed by atoms with Crippen LogP contribution in [0.2, 0.25) is 0 Å². The Morgan fingerprint density at radius 2 is 2.37 bits per heavy atom. The maximum absolute atomic E-state index is 10.7. The summed E-state index contributed by atoms with van der Waals surface area (Å²) < 4.78 is 10.2. The predicted molar refractivity (Wildman–Crippen MR) is 65.2 cm³/mol. The first-order chi connectivity index (χ1) is 9.19. The molecular formula is C12H15N3O4. The van der Waals surface area contributed by atoms with Crippen molar-refractivity contribution in [2.75, 3.05) is 13.1 Å². The third kappa shape index (κ3) is 3.65. The Morgan fingerprint density at radius 3 is 3.00 bits per heavy atom. The molecule has 0 bridgehead atoms. The highest BCUT2D eigenvalue weighted by Crippen LogP contribution is 2.17. The van der Waals surface area contributed by atoms with Crippen LogP contribution < -0.4 is 0 Å². The molecule has 2 aromatic heterocycles. The molecule has 0 unspecified atom stereocenters. The van der Waals surface area contributed by atoms with Crippen LogP contribution in [-0.2, 0) is 11.3 Å². The number of carbonyl (C=O) groups is 1. The number of nitrogens with zero attached hydrogens (tertiary/aromatic N) is 3. The molecule has 0 saturated carbocycles. The average molecular weight is 265 g/mol. The summed E-state index contributed by atoms with van der Waals surface area (Å²) in [6, 6.07) is 3.45. The van der Waals surface area contributed by atoms with E-state index < -0.39 is 5.97 Å². The molecule has 0 fully saturated rings. The maximum atomic E-state index is 10.7. The molecule has 2 heterocycles. The van der Waals surface area contributed by atoms with E-state index in [4.69, 9.17) is 14.0 Å². The maximum Gasteiger partial charge on any atom is 0.317 e. The van der Waals surface area contributed by atoms with Crippen molar-refractivity contribution >= 4 is 5.97 Å². The Kier molecular flexibility index (Phi) is 4.30. The third-order valence-corrected chi connectivity index (χ3v) is 2.46. The second-order valence-electron chi connectivity index (χ2n) is 4.10. The fourth-order valence-electron chi connectivity index (χ4n) is 1.74. The van der Waals surface area contributed by atoms with Gasteiger partial charge in [-0.25, -0.2) is 0 Å². The van der Waals surface area contributed by atoms with Crippen molar-refractivity contribution in [3.8, 4) is 11.7 Å². The van der Waals surface area contributed by atoms with Crippen LogP contribution >= 0.6 is 0 Å². The van der Waals surface area contributed by atoms with Crippen LogP contribution in [0.3, 0.4) is 0 Å². The number of hydrogen-bond acceptors (Lipinski definition) is 6. The molecule has 2 aromatic rings. The number of carboxylic acids is 1. The summed E-state index contributed by atoms with van der Waals surface area (Å²) in [6.07, 6.45) is 2.38. The van der Waals surface area contributed by atoms with Crippen LogP contribution in [-0.4, -0.2) is 39.2 Å². The first-order valence-electron chi connectivity index (χ1n) is 5.99. The molecule has 7 nitrogen and oxygen atoms in total. The van der Waals surface area contributed by atoms with Gasteiger partial charge in [0.2, 0.25) is 0 Å². The van der Waals surface area contributed by atoms with Gasteiger partial charge < -0.3 is 14.0 Å². The van der Waals surface area contributed by atoms with E-state index in [0.29, 0.717) is 30.6 Å². The first kappa shape index (κ1) is 13.3. The second-order valence-corrected chi connectivity index (χ2v) is 4.10. The van der Waals surface area contributed by atoms with Gasteiger partial charge in [0.15, 0.2) is 11.6 Å². The second kappa shape index (κ2) is 6.14. The zero-order valence-corrected chi connectivity index (χ0v) is 10.6. The molecule has 0 radical (unpaired) electrons. The van der Waals surface area contributed by atoms with Crippen LogP contribution in [0.25, 0.3) is 11.7 Å². The molecule has 2 rings (SSSR count). The molecule has 0 aliphatic heterocycles. The summed E-state index contributed by atoms with van der Waals surface area (Å²) in [7, 11) is 0. The van der Waals surface area contributed by atoms with Gasteiger partial charge in [-0.15, -0.1) is 0 Å². The van der Waals surface area contributed by atoms with Gasteiger partial charge in [-0.3, -0.25) is 9.69 Å². The SMILES string of the molecule is CCCN(CC(=O)O)Cc1noc(-c2ccco2)n1. The fraction of sp³-hybridized carbons (Fsp3) is 0.417. The average Bonchev–Trinajstić information content (AvgIpc) is 2.97. The summed E-state index contributed by atoms with van der Waals surface area (Å²) in [4.78, 5) is 16.7. The Labute approximate surface area is 109 Å². The van der Waals surface area contributed by atoms with Gasteiger partial charge in [0.05, 0.1) is 19.4 Å². The molecule has 0 saturated heterocycles. The Bertz CT molecular complexity index is 521. The fourth-order valence-corrected chi connectivity index (χ4v) is 1.74. The van der Waals surface area contributed by atoms with Gasteiger partial charge in [0.25, 0.3) is 5.89 Å². The minimum absolute atomic E-state index is 0.0432. The van der Waals surface area contributed by atoms with E-state index in [-0.39, 0.29) is 6.54 Å². The van der Waals surface area contributed by atoms with Gasteiger partial charge >= 0.3 is 5.97 Å². The normalized spacial score (nSPS) is 11.1. The summed E-state index contributed by atoms with van der Waals surface area (Å²) in [5.74, 6) is 0.370. The molecule has 102 valence electrons. The number of aromatic nitrogens is 2. The monoisotopic (exact) mass is 265 g/mol. The molecule has 0 aliphatic carbocycles. The minimum Gasteiger partial charge on any atom is -0.480 e. The molecule has 0 atom stereocenters. The summed E-state index contributed by atoms with van der Waals surface area (Å²) in [5, 5.41) is 12.6. The molecule has 1 N–H and O–H groups in total. The van der Waals surface area contributed by atoms with Crippen molar-refractivity contribution in [3.05, 3.63) is 24.2 Å². The van der Waals surface area contributed by atoms with Crippen molar-refractivity contribution in [1.29, 1.82) is 0 Å². The number of aliphatic carboxylic acids is 1. The Hall–Kier alpha value is -2.15. The van der Waals surface area contributed by atoms with Crippen LogP contribution in [0.15, 0.2) is 27.3 Å². The van der Waals surface area contributed by atoms with Crippen molar-refractivity contribution in [1.82, 2.24) is 15.0 Å². The Balaban J connectivity index is 2.03. The van der Waals surface area contributed by atoms with E-state index in [2.05, 4.69) is 10.1 Å². The van der Waals surface area contributed by atoms with Crippen molar-refractivity contribution in [2.45, 2.75) is 19.9 Å². The number of hydrogen-bond donors (Lipinski definition) is 1. The van der Waals surface area contributed by atoms with Gasteiger partial charge in [0, 0.05) is 0 Å². The van der Waals surface area contributed by atoms with Crippen LogP contribution in [0.5, 0.6) is 0 Å². The lowest BCUT2D eigenvalue weighted by molar-refractivity contribution is -0.138. The standard InChI is InChI=1S/C12H15N3O4/c1-2-5-15(8-11(16)17)7-10-13-12(19-14-10)9-4-3-6-18-9/h3-4,6H,2,5,7-8H2,1H3,(H,16,17). The molecule has 0 aliphatic rings. The van der Waals surface area contributed by atoms with Gasteiger partial charge in [-0.05, 0) is 25.1 Å². The van der Waals surface area contributed by atoms with E-state index in [1.54, 1.807) is 17.0 Å². The lowest BCUT2D eigenvalue weighted by atomic mass is 10.4. The van der Waals surface area contributed by atoms with E-state index in [0.717, 1.165) is 6.42 Å². The van der Waals surface area contributed by atoms with E-state index in [1.165, 1.54) is 6.26 Å². The van der Waals surface area contributed by atoms with Crippen LogP contribution in [0.1, 0.15) is 19.2 Å². The topological polar surface area (TPSA) is 92.6 Å². The van der Waals surface area contributed by atoms with Crippen molar-refractivity contribution in [3.63, 3.8) is 0 Å². The molecule has 7 heteroatoms. The van der Waals surface area contributed by atoms with Crippen LogP contribution in [0.4, 0.5) is 0 Å². The molecule has 0 amide bonds. The highest BCUT2D eigenvalue weighted by Gasteiger charge is 2.15. The smallest absolute Gasteiger partial charge is 0.317 e. The number of rotatable bonds is 7. The molecular weight excluding hydrogens is 250 g/mol. The summed E-state index contributed by atoms with van der Waals surface area (Å²) in [5.41, 5.74) is 0. The first-order valence-corrected chi connectivity index (χ1v) is 5.99. The number of carboxylic acid groups (broad SMARTS) is 1. The molecule has 19 heavy (non-hydrogen) atoms. The van der Waals surface area contributed by atoms with E-state index >= 15 is 0 Å². The van der Waals surface area contributed by atoms with Gasteiger partial charge in [0.1, 0.15) is 0 Å². The van der Waals surface area contributed by atoms with Gasteiger partial charge in [-0.2, -0.15) is 4.98 Å². The summed E-state index contributed by atoms with van der Waals surface area (Å²) in [6.45, 7) is 2.94. The Morgan fingerprint density at radius 1 is 1.53 bits per heavy atom. The highest BCUT2D eigenvalue weighted by molar-refractivity contribution is 5.69.